The molecule has 1 N–H and O–H groups in total. The Bertz CT molecular complexity index is 1680. The Labute approximate surface area is 274 Å². The Balaban J connectivity index is 1.36. The van der Waals surface area contributed by atoms with Crippen molar-refractivity contribution in [1.82, 2.24) is 0 Å². The second kappa shape index (κ2) is 14.0. The van der Waals surface area contributed by atoms with Gasteiger partial charge in [-0.25, -0.2) is 4.79 Å². The van der Waals surface area contributed by atoms with Crippen LogP contribution in [-0.4, -0.2) is 19.1 Å². The lowest BCUT2D eigenvalue weighted by molar-refractivity contribution is 0.0224. The number of anilines is 3. The highest BCUT2D eigenvalue weighted by atomic mass is 16.6. The standard InChI is InChI=1S/C41H48N2O3/c1-5-8-10-11-12-15-25-43(7-3)32-23-24-35-39(27-32)45-38-26-29(4)37(42-31-21-19-30(20-22-31)16-9-6-2)28-36(38)41(35)34-18-14-13-17-33(34)40(44)46-41/h13-14,17-24,26-28,42H,5-12,15-16,25H2,1-4H3. The number of nitrogens with zero attached hydrogens (tertiary/aromatic N) is 1. The zero-order valence-corrected chi connectivity index (χ0v) is 28.0. The molecule has 0 amide bonds. The van der Waals surface area contributed by atoms with Crippen molar-refractivity contribution in [3.63, 3.8) is 0 Å². The van der Waals surface area contributed by atoms with Crippen molar-refractivity contribution in [3.05, 3.63) is 112 Å². The van der Waals surface area contributed by atoms with Crippen LogP contribution in [-0.2, 0) is 16.8 Å². The molecule has 1 atom stereocenters. The second-order valence-corrected chi connectivity index (χ2v) is 12.8. The van der Waals surface area contributed by atoms with Crippen molar-refractivity contribution in [2.24, 2.45) is 0 Å². The number of aryl methyl sites for hydroxylation is 2. The Hall–Kier alpha value is -4.25. The lowest BCUT2D eigenvalue weighted by Crippen LogP contribution is -2.33. The zero-order chi connectivity index (χ0) is 32.1. The summed E-state index contributed by atoms with van der Waals surface area (Å²) in [6.45, 7) is 10.7. The topological polar surface area (TPSA) is 50.8 Å². The maximum atomic E-state index is 13.5. The van der Waals surface area contributed by atoms with E-state index in [9.17, 15) is 4.79 Å². The summed E-state index contributed by atoms with van der Waals surface area (Å²) >= 11 is 0. The van der Waals surface area contributed by atoms with Crippen LogP contribution in [0.4, 0.5) is 17.1 Å². The van der Waals surface area contributed by atoms with Gasteiger partial charge in [0.15, 0.2) is 5.60 Å². The van der Waals surface area contributed by atoms with Crippen molar-refractivity contribution in [2.75, 3.05) is 23.3 Å². The largest absolute Gasteiger partial charge is 0.456 e. The van der Waals surface area contributed by atoms with E-state index in [1.54, 1.807) is 0 Å². The molecule has 0 saturated carbocycles. The molecule has 4 aromatic carbocycles. The summed E-state index contributed by atoms with van der Waals surface area (Å²) in [4.78, 5) is 15.9. The number of esters is 1. The maximum Gasteiger partial charge on any atom is 0.340 e. The molecule has 5 nitrogen and oxygen atoms in total. The SMILES string of the molecule is CCCCCCCCN(CC)c1ccc2c(c1)Oc1cc(C)c(Nc3ccc(CCCC)cc3)cc1C21OC(=O)c2ccccc21. The number of unbranched alkanes of at least 4 members (excludes halogenated alkanes) is 6. The summed E-state index contributed by atoms with van der Waals surface area (Å²) in [5.74, 6) is 1.14. The molecular weight excluding hydrogens is 568 g/mol. The zero-order valence-electron chi connectivity index (χ0n) is 28.0. The second-order valence-electron chi connectivity index (χ2n) is 12.8. The molecule has 1 unspecified atom stereocenters. The van der Waals surface area contributed by atoms with Gasteiger partial charge in [-0.3, -0.25) is 0 Å². The number of hydrogen-bond acceptors (Lipinski definition) is 5. The van der Waals surface area contributed by atoms with Crippen molar-refractivity contribution in [1.29, 1.82) is 0 Å². The molecular formula is C41H48N2O3. The van der Waals surface area contributed by atoms with Gasteiger partial charge in [-0.1, -0.05) is 82.7 Å². The molecule has 2 heterocycles. The third-order valence-electron chi connectivity index (χ3n) is 9.62. The predicted octanol–water partition coefficient (Wildman–Crippen LogP) is 10.8. The minimum atomic E-state index is -1.10. The number of nitrogens with one attached hydrogen (secondary N) is 1. The third kappa shape index (κ3) is 6.12. The molecule has 6 rings (SSSR count). The van der Waals surface area contributed by atoms with Gasteiger partial charge in [-0.2, -0.15) is 0 Å². The number of ether oxygens (including phenoxy) is 2. The fourth-order valence-electron chi connectivity index (χ4n) is 6.98. The molecule has 2 aliphatic heterocycles. The molecule has 5 heteroatoms. The van der Waals surface area contributed by atoms with Crippen molar-refractivity contribution < 1.29 is 14.3 Å². The molecule has 4 aromatic rings. The quantitative estimate of drug-likeness (QED) is 0.113. The highest BCUT2D eigenvalue weighted by Gasteiger charge is 2.53. The van der Waals surface area contributed by atoms with Crippen molar-refractivity contribution in [3.8, 4) is 11.5 Å². The minimum Gasteiger partial charge on any atom is -0.456 e. The fourth-order valence-corrected chi connectivity index (χ4v) is 6.98. The molecule has 0 radical (unpaired) electrons. The molecule has 0 saturated heterocycles. The van der Waals surface area contributed by atoms with Crippen LogP contribution in [0.25, 0.3) is 0 Å². The molecule has 1 spiro atoms. The van der Waals surface area contributed by atoms with Gasteiger partial charge in [0.25, 0.3) is 0 Å². The molecule has 0 bridgehead atoms. The number of rotatable bonds is 14. The molecule has 0 aromatic heterocycles. The summed E-state index contributed by atoms with van der Waals surface area (Å²) in [7, 11) is 0. The number of carbonyl (C=O) groups excluding carboxylic acids is 1. The van der Waals surface area contributed by atoms with E-state index in [0.717, 1.165) is 64.6 Å². The van der Waals surface area contributed by atoms with Crippen LogP contribution in [0.15, 0.2) is 78.9 Å². The van der Waals surface area contributed by atoms with E-state index >= 15 is 0 Å². The van der Waals surface area contributed by atoms with Crippen LogP contribution in [0, 0.1) is 6.92 Å². The van der Waals surface area contributed by atoms with Gasteiger partial charge in [0.1, 0.15) is 11.5 Å². The Morgan fingerprint density at radius 1 is 0.739 bits per heavy atom. The number of fused-ring (bicyclic) bond motifs is 6. The average Bonchev–Trinajstić information content (AvgIpc) is 3.37. The van der Waals surface area contributed by atoms with Crippen molar-refractivity contribution >= 4 is 23.0 Å². The van der Waals surface area contributed by atoms with Gasteiger partial charge in [0.05, 0.1) is 5.56 Å². The van der Waals surface area contributed by atoms with E-state index in [2.05, 4.69) is 92.5 Å². The van der Waals surface area contributed by atoms with Crippen LogP contribution in [0.2, 0.25) is 0 Å². The molecule has 240 valence electrons. The number of hydrogen-bond donors (Lipinski definition) is 1. The van der Waals surface area contributed by atoms with Gasteiger partial charge in [0.2, 0.25) is 0 Å². The van der Waals surface area contributed by atoms with E-state index in [0.29, 0.717) is 11.3 Å². The van der Waals surface area contributed by atoms with E-state index in [1.165, 1.54) is 56.9 Å². The maximum absolute atomic E-state index is 13.5. The van der Waals surface area contributed by atoms with Gasteiger partial charge in [0, 0.05) is 52.9 Å². The molecule has 0 aliphatic carbocycles. The van der Waals surface area contributed by atoms with Crippen LogP contribution < -0.4 is 15.0 Å². The van der Waals surface area contributed by atoms with Crippen LogP contribution in [0.1, 0.15) is 110 Å². The van der Waals surface area contributed by atoms with Crippen LogP contribution in [0.3, 0.4) is 0 Å². The molecule has 46 heavy (non-hydrogen) atoms. The minimum absolute atomic E-state index is 0.311. The first-order chi connectivity index (χ1) is 22.5. The van der Waals surface area contributed by atoms with E-state index in [4.69, 9.17) is 9.47 Å². The van der Waals surface area contributed by atoms with E-state index in [-0.39, 0.29) is 5.97 Å². The van der Waals surface area contributed by atoms with Gasteiger partial charge < -0.3 is 19.7 Å². The monoisotopic (exact) mass is 616 g/mol. The summed E-state index contributed by atoms with van der Waals surface area (Å²) < 4.78 is 13.2. The Morgan fingerprint density at radius 2 is 1.48 bits per heavy atom. The summed E-state index contributed by atoms with van der Waals surface area (Å²) in [6, 6.07) is 27.0. The predicted molar refractivity (Wildman–Crippen MR) is 189 cm³/mol. The third-order valence-corrected chi connectivity index (χ3v) is 9.62. The van der Waals surface area contributed by atoms with Crippen LogP contribution >= 0.6 is 0 Å². The highest BCUT2D eigenvalue weighted by Crippen LogP contribution is 2.57. The normalized spacial score (nSPS) is 16.0. The van der Waals surface area contributed by atoms with Crippen LogP contribution in [0.5, 0.6) is 11.5 Å². The van der Waals surface area contributed by atoms with E-state index in [1.807, 2.05) is 24.3 Å². The lowest BCUT2D eigenvalue weighted by Gasteiger charge is -2.38. The first-order valence-electron chi connectivity index (χ1n) is 17.4. The smallest absolute Gasteiger partial charge is 0.340 e. The van der Waals surface area contributed by atoms with Gasteiger partial charge >= 0.3 is 5.97 Å². The Morgan fingerprint density at radius 3 is 2.26 bits per heavy atom. The van der Waals surface area contributed by atoms with Crippen molar-refractivity contribution in [2.45, 2.75) is 91.1 Å². The Kier molecular flexibility index (Phi) is 9.67. The molecule has 0 fully saturated rings. The fraction of sp³-hybridized carbons (Fsp3) is 0.390. The summed E-state index contributed by atoms with van der Waals surface area (Å²) in [6.07, 6.45) is 11.1. The molecule has 2 aliphatic rings. The first kappa shape index (κ1) is 31.7. The lowest BCUT2D eigenvalue weighted by atomic mass is 9.77. The first-order valence-corrected chi connectivity index (χ1v) is 17.4. The average molecular weight is 617 g/mol. The number of benzene rings is 4. The van der Waals surface area contributed by atoms with Gasteiger partial charge in [-0.05, 0) is 86.7 Å². The number of carbonyl (C=O) groups is 1. The van der Waals surface area contributed by atoms with E-state index < -0.39 is 5.60 Å². The summed E-state index contributed by atoms with van der Waals surface area (Å²) in [5, 5.41) is 3.64. The highest BCUT2D eigenvalue weighted by molar-refractivity contribution is 5.97. The van der Waals surface area contributed by atoms with Gasteiger partial charge in [-0.15, -0.1) is 0 Å². The summed E-state index contributed by atoms with van der Waals surface area (Å²) in [5.41, 5.74) is 7.55.